The van der Waals surface area contributed by atoms with Gasteiger partial charge in [0.25, 0.3) is 0 Å². The molecular weight excluding hydrogens is 276 g/mol. The second-order valence-corrected chi connectivity index (χ2v) is 7.61. The summed E-state index contributed by atoms with van der Waals surface area (Å²) in [5.74, 6) is 1.57. The van der Waals surface area contributed by atoms with Crippen LogP contribution in [-0.4, -0.2) is 40.2 Å². The molecule has 0 aromatic carbocycles. The number of likely N-dealkylation sites (tertiary alicyclic amines) is 1. The number of nitrogens with zero attached hydrogens (tertiary/aromatic N) is 3. The molecule has 124 valence electrons. The lowest BCUT2D eigenvalue weighted by Gasteiger charge is -2.29. The van der Waals surface area contributed by atoms with Crippen molar-refractivity contribution in [2.24, 2.45) is 18.4 Å². The van der Waals surface area contributed by atoms with E-state index in [1.807, 2.05) is 20.0 Å². The molecule has 1 N–H and O–H groups in total. The Morgan fingerprint density at radius 1 is 1.36 bits per heavy atom. The normalized spacial score (nSPS) is 20.7. The quantitative estimate of drug-likeness (QED) is 0.934. The average molecular weight is 306 g/mol. The van der Waals surface area contributed by atoms with E-state index >= 15 is 0 Å². The molecule has 22 heavy (non-hydrogen) atoms. The maximum atomic E-state index is 12.2. The second-order valence-electron chi connectivity index (χ2n) is 7.61. The van der Waals surface area contributed by atoms with Crippen LogP contribution < -0.4 is 5.32 Å². The van der Waals surface area contributed by atoms with Crippen LogP contribution in [0.1, 0.15) is 45.7 Å². The molecule has 5 nitrogen and oxygen atoms in total. The molecule has 0 bridgehead atoms. The molecule has 1 atom stereocenters. The first-order chi connectivity index (χ1) is 10.3. The number of rotatable bonds is 3. The molecule has 2 heterocycles. The lowest BCUT2D eigenvalue weighted by Crippen LogP contribution is -2.34. The largest absolute Gasteiger partial charge is 0.310 e. The first-order valence-corrected chi connectivity index (χ1v) is 8.28. The van der Waals surface area contributed by atoms with Crippen LogP contribution in [0.25, 0.3) is 0 Å². The molecule has 0 saturated carbocycles. The number of hydrogen-bond donors (Lipinski definition) is 1. The van der Waals surface area contributed by atoms with E-state index in [2.05, 4.69) is 36.1 Å². The van der Waals surface area contributed by atoms with Gasteiger partial charge in [0.2, 0.25) is 5.91 Å². The fourth-order valence-electron chi connectivity index (χ4n) is 3.29. The standard InChI is InChI=1S/C17H30N4O/c1-13-11-15(20(5)19-13)18-16(22)12-21-9-6-7-14(8-10-21)17(2,3)4/h11,14H,6-10,12H2,1-5H3,(H,18,22). The van der Waals surface area contributed by atoms with Crippen molar-refractivity contribution in [1.29, 1.82) is 0 Å². The predicted molar refractivity (Wildman–Crippen MR) is 89.8 cm³/mol. The molecule has 1 saturated heterocycles. The zero-order chi connectivity index (χ0) is 16.3. The highest BCUT2D eigenvalue weighted by Crippen LogP contribution is 2.34. The van der Waals surface area contributed by atoms with E-state index in [0.717, 1.165) is 30.5 Å². The number of carbonyl (C=O) groups is 1. The summed E-state index contributed by atoms with van der Waals surface area (Å²) in [6.07, 6.45) is 3.63. The van der Waals surface area contributed by atoms with E-state index in [4.69, 9.17) is 0 Å². The van der Waals surface area contributed by atoms with Crippen molar-refractivity contribution in [3.05, 3.63) is 11.8 Å². The van der Waals surface area contributed by atoms with E-state index in [1.165, 1.54) is 19.3 Å². The Labute approximate surface area is 134 Å². The van der Waals surface area contributed by atoms with Gasteiger partial charge in [-0.2, -0.15) is 5.10 Å². The number of amides is 1. The SMILES string of the molecule is Cc1cc(NC(=O)CN2CCCC(C(C)(C)C)CC2)n(C)n1. The van der Waals surface area contributed by atoms with Gasteiger partial charge in [-0.15, -0.1) is 0 Å². The lowest BCUT2D eigenvalue weighted by atomic mass is 9.77. The molecule has 1 unspecified atom stereocenters. The number of aromatic nitrogens is 2. The third kappa shape index (κ3) is 4.57. The molecule has 1 amide bonds. The van der Waals surface area contributed by atoms with Crippen molar-refractivity contribution in [1.82, 2.24) is 14.7 Å². The molecular formula is C17H30N4O. The maximum Gasteiger partial charge on any atom is 0.239 e. The van der Waals surface area contributed by atoms with Crippen LogP contribution in [0.15, 0.2) is 6.07 Å². The van der Waals surface area contributed by atoms with Crippen LogP contribution in [0.3, 0.4) is 0 Å². The minimum Gasteiger partial charge on any atom is -0.310 e. The summed E-state index contributed by atoms with van der Waals surface area (Å²) < 4.78 is 1.71. The third-order valence-electron chi connectivity index (χ3n) is 4.68. The third-order valence-corrected chi connectivity index (χ3v) is 4.68. The van der Waals surface area contributed by atoms with Crippen molar-refractivity contribution < 1.29 is 4.79 Å². The first kappa shape index (κ1) is 17.0. The Hall–Kier alpha value is -1.36. The smallest absolute Gasteiger partial charge is 0.239 e. The zero-order valence-electron chi connectivity index (χ0n) is 14.6. The van der Waals surface area contributed by atoms with Gasteiger partial charge in [-0.25, -0.2) is 0 Å². The number of carbonyl (C=O) groups excluding carboxylic acids is 1. The van der Waals surface area contributed by atoms with Gasteiger partial charge in [0, 0.05) is 13.1 Å². The van der Waals surface area contributed by atoms with Crippen LogP contribution in [0, 0.1) is 18.3 Å². The molecule has 1 aromatic rings. The minimum atomic E-state index is 0.0530. The van der Waals surface area contributed by atoms with E-state index in [0.29, 0.717) is 12.0 Å². The monoisotopic (exact) mass is 306 g/mol. The van der Waals surface area contributed by atoms with Crippen molar-refractivity contribution >= 4 is 11.7 Å². The maximum absolute atomic E-state index is 12.2. The van der Waals surface area contributed by atoms with E-state index in [9.17, 15) is 4.79 Å². The number of anilines is 1. The summed E-state index contributed by atoms with van der Waals surface area (Å²) in [7, 11) is 1.85. The summed E-state index contributed by atoms with van der Waals surface area (Å²) >= 11 is 0. The molecule has 1 fully saturated rings. The number of nitrogens with one attached hydrogen (secondary N) is 1. The topological polar surface area (TPSA) is 50.2 Å². The Kier molecular flexibility index (Phi) is 5.27. The Morgan fingerprint density at radius 2 is 2.09 bits per heavy atom. The average Bonchev–Trinajstić information content (AvgIpc) is 2.61. The summed E-state index contributed by atoms with van der Waals surface area (Å²) in [4.78, 5) is 14.5. The van der Waals surface area contributed by atoms with Gasteiger partial charge in [-0.3, -0.25) is 14.4 Å². The van der Waals surface area contributed by atoms with Gasteiger partial charge in [-0.1, -0.05) is 20.8 Å². The van der Waals surface area contributed by atoms with Gasteiger partial charge < -0.3 is 5.32 Å². The van der Waals surface area contributed by atoms with E-state index in [-0.39, 0.29) is 5.91 Å². The Bertz CT molecular complexity index is 515. The highest BCUT2D eigenvalue weighted by Gasteiger charge is 2.27. The fourth-order valence-corrected chi connectivity index (χ4v) is 3.29. The van der Waals surface area contributed by atoms with Crippen molar-refractivity contribution in [2.45, 2.75) is 47.0 Å². The second kappa shape index (κ2) is 6.82. The summed E-state index contributed by atoms with van der Waals surface area (Å²) in [6, 6.07) is 1.90. The first-order valence-electron chi connectivity index (χ1n) is 8.28. The molecule has 2 rings (SSSR count). The molecule has 1 aliphatic heterocycles. The molecule has 5 heteroatoms. The highest BCUT2D eigenvalue weighted by atomic mass is 16.2. The van der Waals surface area contributed by atoms with Crippen LogP contribution >= 0.6 is 0 Å². The summed E-state index contributed by atoms with van der Waals surface area (Å²) in [6.45, 7) is 11.4. The van der Waals surface area contributed by atoms with Gasteiger partial charge in [-0.05, 0) is 50.6 Å². The van der Waals surface area contributed by atoms with E-state index < -0.39 is 0 Å². The number of aryl methyl sites for hydroxylation is 2. The van der Waals surface area contributed by atoms with Gasteiger partial charge in [0.1, 0.15) is 5.82 Å². The fraction of sp³-hybridized carbons (Fsp3) is 0.765. The molecule has 0 radical (unpaired) electrons. The zero-order valence-corrected chi connectivity index (χ0v) is 14.6. The molecule has 1 aromatic heterocycles. The minimum absolute atomic E-state index is 0.0530. The van der Waals surface area contributed by atoms with Crippen LogP contribution in [0.2, 0.25) is 0 Å². The van der Waals surface area contributed by atoms with Crippen molar-refractivity contribution in [3.8, 4) is 0 Å². The van der Waals surface area contributed by atoms with Crippen LogP contribution in [0.4, 0.5) is 5.82 Å². The summed E-state index contributed by atoms with van der Waals surface area (Å²) in [5.41, 5.74) is 1.28. The van der Waals surface area contributed by atoms with Crippen LogP contribution in [-0.2, 0) is 11.8 Å². The number of hydrogen-bond acceptors (Lipinski definition) is 3. The van der Waals surface area contributed by atoms with Gasteiger partial charge in [0.15, 0.2) is 0 Å². The van der Waals surface area contributed by atoms with Gasteiger partial charge >= 0.3 is 0 Å². The lowest BCUT2D eigenvalue weighted by molar-refractivity contribution is -0.117. The summed E-state index contributed by atoms with van der Waals surface area (Å²) in [5, 5.41) is 7.21. The predicted octanol–water partition coefficient (Wildman–Crippen LogP) is 2.82. The van der Waals surface area contributed by atoms with Gasteiger partial charge in [0.05, 0.1) is 12.2 Å². The van der Waals surface area contributed by atoms with Crippen molar-refractivity contribution in [2.75, 3.05) is 25.0 Å². The van der Waals surface area contributed by atoms with E-state index in [1.54, 1.807) is 4.68 Å². The van der Waals surface area contributed by atoms with Crippen LogP contribution in [0.5, 0.6) is 0 Å². The molecule has 0 spiro atoms. The van der Waals surface area contributed by atoms with Crippen molar-refractivity contribution in [3.63, 3.8) is 0 Å². The molecule has 0 aliphatic carbocycles. The highest BCUT2D eigenvalue weighted by molar-refractivity contribution is 5.91. The molecule has 1 aliphatic rings. The Balaban J connectivity index is 1.86. The Morgan fingerprint density at radius 3 is 2.68 bits per heavy atom.